The van der Waals surface area contributed by atoms with Gasteiger partial charge in [-0.05, 0) is 18.4 Å². The van der Waals surface area contributed by atoms with Crippen molar-refractivity contribution in [3.05, 3.63) is 28.0 Å². The van der Waals surface area contributed by atoms with Crippen molar-refractivity contribution < 1.29 is 0 Å². The van der Waals surface area contributed by atoms with Crippen molar-refractivity contribution in [2.75, 3.05) is 26.2 Å². The molecule has 0 bridgehead atoms. The van der Waals surface area contributed by atoms with Crippen LogP contribution in [0.1, 0.15) is 30.9 Å². The summed E-state index contributed by atoms with van der Waals surface area (Å²) in [7, 11) is 0. The molecule has 1 aliphatic heterocycles. The molecule has 104 valence electrons. The van der Waals surface area contributed by atoms with Gasteiger partial charge < -0.3 is 5.32 Å². The second kappa shape index (κ2) is 5.96. The highest BCUT2D eigenvalue weighted by atomic mass is 35.5. The molecule has 1 atom stereocenters. The van der Waals surface area contributed by atoms with Crippen LogP contribution in [0.3, 0.4) is 0 Å². The van der Waals surface area contributed by atoms with Crippen molar-refractivity contribution in [3.8, 4) is 0 Å². The van der Waals surface area contributed by atoms with Crippen molar-refractivity contribution in [2.45, 2.75) is 25.3 Å². The molecule has 2 heterocycles. The summed E-state index contributed by atoms with van der Waals surface area (Å²) in [5.74, 6) is 0.867. The predicted molar refractivity (Wildman–Crippen MR) is 78.8 cm³/mol. The predicted octanol–water partition coefficient (Wildman–Crippen LogP) is 3.13. The number of halogens is 2. The topological polar surface area (TPSA) is 28.2 Å². The molecule has 3 nitrogen and oxygen atoms in total. The second-order valence-electron chi connectivity index (χ2n) is 5.49. The molecule has 1 aromatic rings. The minimum atomic E-state index is 0.395. The van der Waals surface area contributed by atoms with Crippen LogP contribution < -0.4 is 5.32 Å². The molecule has 1 aromatic heterocycles. The molecule has 2 aliphatic rings. The van der Waals surface area contributed by atoms with E-state index in [2.05, 4.69) is 15.2 Å². The van der Waals surface area contributed by atoms with Crippen molar-refractivity contribution >= 4 is 23.2 Å². The molecule has 1 saturated heterocycles. The fourth-order valence-corrected chi connectivity index (χ4v) is 3.28. The fraction of sp³-hybridized carbons (Fsp3) is 0.643. The van der Waals surface area contributed by atoms with Crippen LogP contribution in [0.5, 0.6) is 0 Å². The lowest BCUT2D eigenvalue weighted by Gasteiger charge is -2.35. The van der Waals surface area contributed by atoms with E-state index in [4.69, 9.17) is 23.2 Å². The smallest absolute Gasteiger partial charge is 0.135 e. The summed E-state index contributed by atoms with van der Waals surface area (Å²) in [6.45, 7) is 4.27. The fourth-order valence-electron chi connectivity index (χ4n) is 2.81. The molecule has 0 unspecified atom stereocenters. The number of pyridine rings is 1. The molecule has 0 spiro atoms. The molecule has 0 aromatic carbocycles. The third kappa shape index (κ3) is 3.40. The molecule has 0 radical (unpaired) electrons. The Morgan fingerprint density at radius 2 is 2.00 bits per heavy atom. The zero-order valence-electron chi connectivity index (χ0n) is 10.9. The number of piperazine rings is 1. The van der Waals surface area contributed by atoms with Gasteiger partial charge in [-0.3, -0.25) is 4.90 Å². The number of hydrogen-bond acceptors (Lipinski definition) is 3. The van der Waals surface area contributed by atoms with Gasteiger partial charge in [0, 0.05) is 37.8 Å². The average molecular weight is 300 g/mol. The number of nitrogens with zero attached hydrogens (tertiary/aromatic N) is 2. The van der Waals surface area contributed by atoms with Gasteiger partial charge in [-0.15, -0.1) is 0 Å². The van der Waals surface area contributed by atoms with Gasteiger partial charge in [-0.25, -0.2) is 4.98 Å². The summed E-state index contributed by atoms with van der Waals surface area (Å²) >= 11 is 12.2. The number of hydrogen-bond donors (Lipinski definition) is 1. The molecule has 0 amide bonds. The average Bonchev–Trinajstić information content (AvgIpc) is 3.22. The molecule has 2 fully saturated rings. The molecule has 3 rings (SSSR count). The molecular weight excluding hydrogens is 281 g/mol. The summed E-state index contributed by atoms with van der Waals surface area (Å²) in [4.78, 5) is 6.74. The first kappa shape index (κ1) is 13.6. The highest BCUT2D eigenvalue weighted by Gasteiger charge is 2.31. The summed E-state index contributed by atoms with van der Waals surface area (Å²) in [5.41, 5.74) is 1.14. The molecule has 19 heavy (non-hydrogen) atoms. The quantitative estimate of drug-likeness (QED) is 0.866. The Hall–Kier alpha value is -0.350. The van der Waals surface area contributed by atoms with Gasteiger partial charge in [0.05, 0.1) is 0 Å². The zero-order chi connectivity index (χ0) is 13.2. The van der Waals surface area contributed by atoms with Crippen LogP contribution in [0.4, 0.5) is 0 Å². The SMILES string of the molecule is Clc1ccc([C@@H](CC2CC2)N2CCNCC2)c(Cl)n1. The lowest BCUT2D eigenvalue weighted by Crippen LogP contribution is -2.45. The van der Waals surface area contributed by atoms with E-state index in [1.165, 1.54) is 19.3 Å². The summed E-state index contributed by atoms with van der Waals surface area (Å²) in [6.07, 6.45) is 3.92. The van der Waals surface area contributed by atoms with Crippen LogP contribution in [0.15, 0.2) is 12.1 Å². The number of aromatic nitrogens is 1. The van der Waals surface area contributed by atoms with Gasteiger partial charge >= 0.3 is 0 Å². The second-order valence-corrected chi connectivity index (χ2v) is 6.24. The van der Waals surface area contributed by atoms with Gasteiger partial charge in [0.15, 0.2) is 0 Å². The standard InChI is InChI=1S/C14H19Cl2N3/c15-13-4-3-11(14(16)18-13)12(9-10-1-2-10)19-7-5-17-6-8-19/h3-4,10,12,17H,1-2,5-9H2/t12-/m1/s1. The van der Waals surface area contributed by atoms with E-state index in [0.717, 1.165) is 37.7 Å². The number of rotatable bonds is 4. The van der Waals surface area contributed by atoms with Crippen LogP contribution in [-0.2, 0) is 0 Å². The van der Waals surface area contributed by atoms with Crippen molar-refractivity contribution in [1.29, 1.82) is 0 Å². The maximum absolute atomic E-state index is 6.31. The minimum Gasteiger partial charge on any atom is -0.314 e. The third-order valence-corrected chi connectivity index (χ3v) is 4.56. The summed E-state index contributed by atoms with van der Waals surface area (Å²) < 4.78 is 0. The highest BCUT2D eigenvalue weighted by Crippen LogP contribution is 2.41. The molecule has 5 heteroatoms. The molecule has 1 N–H and O–H groups in total. The first-order chi connectivity index (χ1) is 9.24. The first-order valence-corrected chi connectivity index (χ1v) is 7.76. The van der Waals surface area contributed by atoms with Crippen LogP contribution >= 0.6 is 23.2 Å². The Kier molecular flexibility index (Phi) is 4.27. The van der Waals surface area contributed by atoms with Gasteiger partial charge in [-0.1, -0.05) is 42.1 Å². The third-order valence-electron chi connectivity index (χ3n) is 4.05. The van der Waals surface area contributed by atoms with Gasteiger partial charge in [0.2, 0.25) is 0 Å². The van der Waals surface area contributed by atoms with E-state index in [9.17, 15) is 0 Å². The monoisotopic (exact) mass is 299 g/mol. The van der Waals surface area contributed by atoms with E-state index < -0.39 is 0 Å². The summed E-state index contributed by atoms with van der Waals surface area (Å²) in [5, 5.41) is 4.44. The zero-order valence-corrected chi connectivity index (χ0v) is 12.4. The van der Waals surface area contributed by atoms with E-state index >= 15 is 0 Å². The van der Waals surface area contributed by atoms with Crippen molar-refractivity contribution in [2.24, 2.45) is 5.92 Å². The van der Waals surface area contributed by atoms with Crippen LogP contribution in [0.2, 0.25) is 10.3 Å². The lowest BCUT2D eigenvalue weighted by atomic mass is 10.0. The van der Waals surface area contributed by atoms with E-state index in [-0.39, 0.29) is 0 Å². The van der Waals surface area contributed by atoms with Gasteiger partial charge in [-0.2, -0.15) is 0 Å². The Balaban J connectivity index is 1.83. The maximum atomic E-state index is 6.31. The van der Waals surface area contributed by atoms with Crippen LogP contribution in [0, 0.1) is 5.92 Å². The Bertz CT molecular complexity index is 442. The van der Waals surface area contributed by atoms with E-state index in [1.54, 1.807) is 0 Å². The normalized spacial score (nSPS) is 22.4. The lowest BCUT2D eigenvalue weighted by molar-refractivity contribution is 0.160. The summed E-state index contributed by atoms with van der Waals surface area (Å²) in [6, 6.07) is 4.30. The minimum absolute atomic E-state index is 0.395. The first-order valence-electron chi connectivity index (χ1n) is 7.01. The Morgan fingerprint density at radius 1 is 1.26 bits per heavy atom. The van der Waals surface area contributed by atoms with Crippen molar-refractivity contribution in [3.63, 3.8) is 0 Å². The molecule has 1 aliphatic carbocycles. The van der Waals surface area contributed by atoms with Gasteiger partial charge in [0.1, 0.15) is 10.3 Å². The molecule has 1 saturated carbocycles. The highest BCUT2D eigenvalue weighted by molar-refractivity contribution is 6.32. The van der Waals surface area contributed by atoms with E-state index in [0.29, 0.717) is 16.3 Å². The largest absolute Gasteiger partial charge is 0.314 e. The van der Waals surface area contributed by atoms with Crippen LogP contribution in [0.25, 0.3) is 0 Å². The molecular formula is C14H19Cl2N3. The Labute approximate surface area is 124 Å². The number of nitrogens with one attached hydrogen (secondary N) is 1. The van der Waals surface area contributed by atoms with Crippen LogP contribution in [-0.4, -0.2) is 36.1 Å². The van der Waals surface area contributed by atoms with E-state index in [1.807, 2.05) is 12.1 Å². The Morgan fingerprint density at radius 3 is 2.63 bits per heavy atom. The maximum Gasteiger partial charge on any atom is 0.135 e. The van der Waals surface area contributed by atoms with Crippen molar-refractivity contribution in [1.82, 2.24) is 15.2 Å². The van der Waals surface area contributed by atoms with Gasteiger partial charge in [0.25, 0.3) is 0 Å².